The zero-order valence-electron chi connectivity index (χ0n) is 9.03. The van der Waals surface area contributed by atoms with Gasteiger partial charge in [0.1, 0.15) is 5.60 Å². The van der Waals surface area contributed by atoms with Crippen molar-refractivity contribution in [3.8, 4) is 0 Å². The maximum atomic E-state index is 11.5. The number of isothiocyanates is 1. The molecule has 0 radical (unpaired) electrons. The Balaban J connectivity index is 4.37. The first-order chi connectivity index (χ1) is 6.40. The lowest BCUT2D eigenvalue weighted by atomic mass is 10.2. The Hall–Kier alpha value is -0.930. The van der Waals surface area contributed by atoms with Gasteiger partial charge in [-0.3, -0.25) is 0 Å². The number of hydrogen-bond donors (Lipinski definition) is 0. The minimum Gasteiger partial charge on any atom is -0.442 e. The van der Waals surface area contributed by atoms with Crippen LogP contribution in [-0.2, 0) is 4.74 Å². The molecule has 80 valence electrons. The average molecular weight is 216 g/mol. The van der Waals surface area contributed by atoms with Gasteiger partial charge in [-0.15, -0.1) is 5.10 Å². The molecule has 0 spiro atoms. The summed E-state index contributed by atoms with van der Waals surface area (Å²) in [6.45, 7) is 7.83. The molecular weight excluding hydrogens is 200 g/mol. The standard InChI is InChI=1S/C9H16N2O2S/c1-5-6-11(10-7-14)8(12)13-9(2,3)4/h5-6H2,1-4H3. The molecule has 4 nitrogen and oxygen atoms in total. The van der Waals surface area contributed by atoms with Crippen molar-refractivity contribution in [3.05, 3.63) is 0 Å². The van der Waals surface area contributed by atoms with E-state index in [-0.39, 0.29) is 0 Å². The molecule has 0 aliphatic rings. The van der Waals surface area contributed by atoms with Crippen molar-refractivity contribution < 1.29 is 9.53 Å². The number of amides is 1. The summed E-state index contributed by atoms with van der Waals surface area (Å²) in [5.74, 6) is 0. The first-order valence-corrected chi connectivity index (χ1v) is 4.90. The van der Waals surface area contributed by atoms with Crippen LogP contribution >= 0.6 is 12.2 Å². The summed E-state index contributed by atoms with van der Waals surface area (Å²) in [6, 6.07) is 0. The van der Waals surface area contributed by atoms with Gasteiger partial charge in [-0.05, 0) is 39.4 Å². The van der Waals surface area contributed by atoms with Crippen molar-refractivity contribution in [2.24, 2.45) is 5.10 Å². The smallest absolute Gasteiger partial charge is 0.431 e. The lowest BCUT2D eigenvalue weighted by molar-refractivity contribution is 0.0257. The van der Waals surface area contributed by atoms with Crippen LogP contribution in [0.1, 0.15) is 34.1 Å². The van der Waals surface area contributed by atoms with E-state index in [1.54, 1.807) is 20.8 Å². The molecule has 0 heterocycles. The monoisotopic (exact) mass is 216 g/mol. The second-order valence-corrected chi connectivity index (χ2v) is 3.98. The van der Waals surface area contributed by atoms with E-state index in [4.69, 9.17) is 4.74 Å². The summed E-state index contributed by atoms with van der Waals surface area (Å²) in [6.07, 6.45) is 0.302. The van der Waals surface area contributed by atoms with E-state index in [9.17, 15) is 4.79 Å². The Morgan fingerprint density at radius 2 is 2.14 bits per heavy atom. The van der Waals surface area contributed by atoms with Gasteiger partial charge >= 0.3 is 6.09 Å². The maximum Gasteiger partial charge on any atom is 0.431 e. The molecule has 0 aliphatic carbocycles. The van der Waals surface area contributed by atoms with E-state index in [0.717, 1.165) is 6.42 Å². The maximum absolute atomic E-state index is 11.5. The second-order valence-electron chi connectivity index (χ2n) is 3.79. The van der Waals surface area contributed by atoms with Crippen LogP contribution in [0.15, 0.2) is 5.10 Å². The largest absolute Gasteiger partial charge is 0.442 e. The first kappa shape index (κ1) is 13.1. The summed E-state index contributed by atoms with van der Waals surface area (Å²) in [7, 11) is 0. The Kier molecular flexibility index (Phi) is 5.35. The van der Waals surface area contributed by atoms with Crippen molar-refractivity contribution in [1.82, 2.24) is 5.01 Å². The molecule has 0 saturated carbocycles. The van der Waals surface area contributed by atoms with Crippen LogP contribution in [0.4, 0.5) is 4.79 Å². The third-order valence-electron chi connectivity index (χ3n) is 1.20. The molecule has 0 aromatic rings. The zero-order chi connectivity index (χ0) is 11.2. The molecule has 1 amide bonds. The fourth-order valence-corrected chi connectivity index (χ4v) is 0.856. The van der Waals surface area contributed by atoms with E-state index < -0.39 is 11.7 Å². The van der Waals surface area contributed by atoms with Crippen LogP contribution in [-0.4, -0.2) is 28.4 Å². The normalized spacial score (nSPS) is 10.3. The molecule has 5 heteroatoms. The highest BCUT2D eigenvalue weighted by molar-refractivity contribution is 7.78. The Morgan fingerprint density at radius 3 is 2.50 bits per heavy atom. The molecule has 0 aromatic carbocycles. The molecule has 0 fully saturated rings. The van der Waals surface area contributed by atoms with Gasteiger partial charge in [-0.1, -0.05) is 6.92 Å². The van der Waals surface area contributed by atoms with Gasteiger partial charge in [-0.25, -0.2) is 4.79 Å². The summed E-state index contributed by atoms with van der Waals surface area (Å²) in [5, 5.41) is 6.95. The van der Waals surface area contributed by atoms with Gasteiger partial charge in [0.2, 0.25) is 0 Å². The number of hydrogen-bond acceptors (Lipinski definition) is 4. The Labute approximate surface area is 89.9 Å². The van der Waals surface area contributed by atoms with Crippen molar-refractivity contribution >= 4 is 23.5 Å². The van der Waals surface area contributed by atoms with Gasteiger partial charge in [0.25, 0.3) is 0 Å². The number of hydrazone groups is 1. The summed E-state index contributed by atoms with van der Waals surface area (Å²) < 4.78 is 5.11. The minimum atomic E-state index is -0.514. The predicted molar refractivity (Wildman–Crippen MR) is 58.3 cm³/mol. The van der Waals surface area contributed by atoms with Crippen molar-refractivity contribution in [2.45, 2.75) is 39.7 Å². The minimum absolute atomic E-state index is 0.485. The van der Waals surface area contributed by atoms with E-state index in [2.05, 4.69) is 22.5 Å². The first-order valence-electron chi connectivity index (χ1n) is 4.49. The van der Waals surface area contributed by atoms with Crippen molar-refractivity contribution in [3.63, 3.8) is 0 Å². The van der Waals surface area contributed by atoms with Gasteiger partial charge in [-0.2, -0.15) is 5.01 Å². The number of nitrogens with zero attached hydrogens (tertiary/aromatic N) is 2. The molecule has 0 atom stereocenters. The predicted octanol–water partition coefficient (Wildman–Crippen LogP) is 2.65. The highest BCUT2D eigenvalue weighted by Gasteiger charge is 2.20. The van der Waals surface area contributed by atoms with Gasteiger partial charge in [0, 0.05) is 6.54 Å². The van der Waals surface area contributed by atoms with Crippen LogP contribution in [0.25, 0.3) is 0 Å². The zero-order valence-corrected chi connectivity index (χ0v) is 9.85. The van der Waals surface area contributed by atoms with Gasteiger partial charge < -0.3 is 4.74 Å². The van der Waals surface area contributed by atoms with Gasteiger partial charge in [0.15, 0.2) is 0 Å². The van der Waals surface area contributed by atoms with Crippen LogP contribution < -0.4 is 0 Å². The van der Waals surface area contributed by atoms with Crippen LogP contribution in [0, 0.1) is 0 Å². The number of ether oxygens (including phenoxy) is 1. The molecule has 0 saturated heterocycles. The third kappa shape index (κ3) is 5.67. The number of rotatable bonds is 3. The van der Waals surface area contributed by atoms with E-state index in [1.165, 1.54) is 5.01 Å². The average Bonchev–Trinajstić information content (AvgIpc) is 2.01. The lowest BCUT2D eigenvalue weighted by Gasteiger charge is -2.23. The fourth-order valence-electron chi connectivity index (χ4n) is 0.758. The summed E-state index contributed by atoms with van der Waals surface area (Å²) >= 11 is 4.44. The molecule has 0 rings (SSSR count). The van der Waals surface area contributed by atoms with E-state index in [0.29, 0.717) is 6.54 Å². The second kappa shape index (κ2) is 5.73. The highest BCUT2D eigenvalue weighted by Crippen LogP contribution is 2.10. The van der Waals surface area contributed by atoms with E-state index >= 15 is 0 Å². The molecule has 0 N–H and O–H groups in total. The lowest BCUT2D eigenvalue weighted by Crippen LogP contribution is -2.33. The summed E-state index contributed by atoms with van der Waals surface area (Å²) in [4.78, 5) is 11.5. The van der Waals surface area contributed by atoms with Crippen molar-refractivity contribution in [2.75, 3.05) is 6.54 Å². The summed E-state index contributed by atoms with van der Waals surface area (Å²) in [5.41, 5.74) is -0.514. The SMILES string of the molecule is CCCN(N=C=S)C(=O)OC(C)(C)C. The number of carbonyl (C=O) groups excluding carboxylic acids is 1. The Morgan fingerprint density at radius 1 is 1.57 bits per heavy atom. The Bertz CT molecular complexity index is 242. The molecule has 0 bridgehead atoms. The fraction of sp³-hybridized carbons (Fsp3) is 0.778. The number of carbonyl (C=O) groups is 1. The quantitative estimate of drug-likeness (QED) is 0.414. The van der Waals surface area contributed by atoms with Gasteiger partial charge in [0.05, 0.1) is 5.16 Å². The molecule has 14 heavy (non-hydrogen) atoms. The van der Waals surface area contributed by atoms with Crippen molar-refractivity contribution in [1.29, 1.82) is 0 Å². The van der Waals surface area contributed by atoms with Crippen LogP contribution in [0.2, 0.25) is 0 Å². The number of thiocarbonyl (C=S) groups is 1. The third-order valence-corrected chi connectivity index (χ3v) is 1.28. The van der Waals surface area contributed by atoms with Crippen LogP contribution in [0.3, 0.4) is 0 Å². The van der Waals surface area contributed by atoms with E-state index in [1.807, 2.05) is 6.92 Å². The molecule has 0 aliphatic heterocycles. The highest BCUT2D eigenvalue weighted by atomic mass is 32.1. The molecule has 0 unspecified atom stereocenters. The topological polar surface area (TPSA) is 41.9 Å². The van der Waals surface area contributed by atoms with Crippen LogP contribution in [0.5, 0.6) is 0 Å². The molecule has 0 aromatic heterocycles. The molecular formula is C9H16N2O2S.